The van der Waals surface area contributed by atoms with E-state index in [0.29, 0.717) is 10.9 Å². The van der Waals surface area contributed by atoms with E-state index in [1.165, 1.54) is 26.2 Å². The number of methoxy groups -OCH3 is 1. The number of carbonyl (C=O) groups is 1. The van der Waals surface area contributed by atoms with Gasteiger partial charge < -0.3 is 14.6 Å². The first-order valence-electron chi connectivity index (χ1n) is 7.96. The van der Waals surface area contributed by atoms with Crippen molar-refractivity contribution < 1.29 is 28.7 Å². The smallest absolute Gasteiger partial charge is 0.276 e. The van der Waals surface area contributed by atoms with Gasteiger partial charge >= 0.3 is 0 Å². The standard InChI is InChI=1S/C18H14FN3O6/c1-9(23)5-11-13(22(25)26)3-4-15(17(11)19)28-18-10-6-16(27-2)14(24)7-12(10)20-8-21-18/h3-4,6-8,24H,5H2,1-2H3. The van der Waals surface area contributed by atoms with Crippen molar-refractivity contribution in [3.8, 4) is 23.1 Å². The number of ketones is 1. The van der Waals surface area contributed by atoms with E-state index >= 15 is 0 Å². The number of phenols is 1. The molecule has 0 fully saturated rings. The van der Waals surface area contributed by atoms with E-state index < -0.39 is 28.6 Å². The molecule has 0 aliphatic heterocycles. The van der Waals surface area contributed by atoms with Crippen molar-refractivity contribution in [3.63, 3.8) is 0 Å². The third kappa shape index (κ3) is 3.52. The first kappa shape index (κ1) is 19.0. The first-order chi connectivity index (χ1) is 13.3. The number of aromatic nitrogens is 2. The van der Waals surface area contributed by atoms with Crippen LogP contribution in [-0.4, -0.2) is 32.9 Å². The summed E-state index contributed by atoms with van der Waals surface area (Å²) in [6.45, 7) is 1.20. The number of halogens is 1. The molecule has 0 saturated heterocycles. The van der Waals surface area contributed by atoms with Crippen molar-refractivity contribution >= 4 is 22.4 Å². The lowest BCUT2D eigenvalue weighted by molar-refractivity contribution is -0.385. The second kappa shape index (κ2) is 7.43. The summed E-state index contributed by atoms with van der Waals surface area (Å²) >= 11 is 0. The van der Waals surface area contributed by atoms with Crippen LogP contribution in [0.2, 0.25) is 0 Å². The number of hydrogen-bond donors (Lipinski definition) is 1. The number of rotatable bonds is 6. The van der Waals surface area contributed by atoms with E-state index in [0.717, 1.165) is 18.5 Å². The summed E-state index contributed by atoms with van der Waals surface area (Å²) in [5.74, 6) is -1.87. The molecule has 0 aliphatic rings. The predicted octanol–water partition coefficient (Wildman–Crippen LogP) is 3.32. The Bertz CT molecular complexity index is 1100. The molecule has 1 heterocycles. The quantitative estimate of drug-likeness (QED) is 0.504. The number of hydrogen-bond acceptors (Lipinski definition) is 8. The Labute approximate surface area is 157 Å². The van der Waals surface area contributed by atoms with Gasteiger partial charge in [-0.25, -0.2) is 14.4 Å². The van der Waals surface area contributed by atoms with Gasteiger partial charge in [0.1, 0.15) is 12.1 Å². The molecule has 0 amide bonds. The molecule has 0 spiro atoms. The largest absolute Gasteiger partial charge is 0.504 e. The van der Waals surface area contributed by atoms with E-state index in [1.54, 1.807) is 0 Å². The molecule has 3 aromatic rings. The topological polar surface area (TPSA) is 125 Å². The van der Waals surface area contributed by atoms with Crippen LogP contribution in [0.5, 0.6) is 23.1 Å². The highest BCUT2D eigenvalue weighted by molar-refractivity contribution is 5.87. The maximum atomic E-state index is 14.9. The molecule has 0 aliphatic carbocycles. The third-order valence-electron chi connectivity index (χ3n) is 3.91. The zero-order chi connectivity index (χ0) is 20.4. The number of nitro groups is 1. The second-order valence-corrected chi connectivity index (χ2v) is 5.83. The van der Waals surface area contributed by atoms with E-state index in [-0.39, 0.29) is 28.7 Å². The summed E-state index contributed by atoms with van der Waals surface area (Å²) in [5, 5.41) is 21.3. The minimum Gasteiger partial charge on any atom is -0.504 e. The maximum absolute atomic E-state index is 14.9. The zero-order valence-electron chi connectivity index (χ0n) is 14.8. The van der Waals surface area contributed by atoms with Gasteiger partial charge in [0.25, 0.3) is 5.69 Å². The molecule has 10 heteroatoms. The molecule has 0 saturated carbocycles. The molecule has 28 heavy (non-hydrogen) atoms. The monoisotopic (exact) mass is 387 g/mol. The van der Waals surface area contributed by atoms with Gasteiger partial charge in [0.15, 0.2) is 23.1 Å². The Morgan fingerprint density at radius 2 is 2.04 bits per heavy atom. The van der Waals surface area contributed by atoms with Crippen LogP contribution in [0, 0.1) is 15.9 Å². The Kier molecular flexibility index (Phi) is 5.03. The average Bonchev–Trinajstić information content (AvgIpc) is 2.64. The molecule has 0 atom stereocenters. The highest BCUT2D eigenvalue weighted by Crippen LogP contribution is 2.37. The molecule has 0 unspecified atom stereocenters. The van der Waals surface area contributed by atoms with Gasteiger partial charge in [0, 0.05) is 18.6 Å². The molecule has 144 valence electrons. The number of phenolic OH excluding ortho intramolecular Hbond substituents is 1. The predicted molar refractivity (Wildman–Crippen MR) is 95.3 cm³/mol. The van der Waals surface area contributed by atoms with Crippen molar-refractivity contribution in [2.75, 3.05) is 7.11 Å². The number of Topliss-reactive ketones (excluding diaryl/α,β-unsaturated/α-hetero) is 1. The summed E-state index contributed by atoms with van der Waals surface area (Å²) in [4.78, 5) is 29.7. The molecule has 1 aromatic heterocycles. The Balaban J connectivity index is 2.11. The Morgan fingerprint density at radius 1 is 1.29 bits per heavy atom. The van der Waals surface area contributed by atoms with E-state index in [9.17, 15) is 24.4 Å². The van der Waals surface area contributed by atoms with Crippen LogP contribution in [0.25, 0.3) is 10.9 Å². The molecular weight excluding hydrogens is 373 g/mol. The van der Waals surface area contributed by atoms with Crippen molar-refractivity contribution in [1.29, 1.82) is 0 Å². The summed E-state index contributed by atoms with van der Waals surface area (Å²) < 4.78 is 25.4. The lowest BCUT2D eigenvalue weighted by atomic mass is 10.1. The molecule has 2 aromatic carbocycles. The van der Waals surface area contributed by atoms with E-state index in [1.807, 2.05) is 0 Å². The zero-order valence-corrected chi connectivity index (χ0v) is 14.8. The summed E-state index contributed by atoms with van der Waals surface area (Å²) in [5.41, 5.74) is -0.572. The average molecular weight is 387 g/mol. The minimum atomic E-state index is -1.03. The molecule has 9 nitrogen and oxygen atoms in total. The van der Waals surface area contributed by atoms with Crippen molar-refractivity contribution in [3.05, 3.63) is 52.1 Å². The SMILES string of the molecule is COc1cc2c(Oc3ccc([N+](=O)[O-])c(CC(C)=O)c3F)ncnc2cc1O. The van der Waals surface area contributed by atoms with Crippen LogP contribution in [-0.2, 0) is 11.2 Å². The molecular formula is C18H14FN3O6. The van der Waals surface area contributed by atoms with Crippen molar-refractivity contribution in [2.45, 2.75) is 13.3 Å². The first-order valence-corrected chi connectivity index (χ1v) is 7.96. The fraction of sp³-hybridized carbons (Fsp3) is 0.167. The number of aromatic hydroxyl groups is 1. The number of nitrogens with zero attached hydrogens (tertiary/aromatic N) is 3. The number of carbonyl (C=O) groups excluding carboxylic acids is 1. The Hall–Kier alpha value is -3.82. The van der Waals surface area contributed by atoms with Crippen LogP contribution < -0.4 is 9.47 Å². The number of benzene rings is 2. The van der Waals surface area contributed by atoms with Crippen molar-refractivity contribution in [2.24, 2.45) is 0 Å². The van der Waals surface area contributed by atoms with E-state index in [4.69, 9.17) is 9.47 Å². The van der Waals surface area contributed by atoms with Gasteiger partial charge in [-0.1, -0.05) is 0 Å². The van der Waals surface area contributed by atoms with Gasteiger partial charge in [-0.3, -0.25) is 14.9 Å². The summed E-state index contributed by atoms with van der Waals surface area (Å²) in [6.07, 6.45) is 0.703. The van der Waals surface area contributed by atoms with Gasteiger partial charge in [-0.15, -0.1) is 0 Å². The molecule has 1 N–H and O–H groups in total. The lowest BCUT2D eigenvalue weighted by Gasteiger charge is -2.12. The lowest BCUT2D eigenvalue weighted by Crippen LogP contribution is -2.06. The van der Waals surface area contributed by atoms with Crippen molar-refractivity contribution in [1.82, 2.24) is 9.97 Å². The highest BCUT2D eigenvalue weighted by Gasteiger charge is 2.24. The van der Waals surface area contributed by atoms with Gasteiger partial charge in [-0.2, -0.15) is 0 Å². The normalized spacial score (nSPS) is 10.7. The van der Waals surface area contributed by atoms with Crippen LogP contribution in [0.1, 0.15) is 12.5 Å². The maximum Gasteiger partial charge on any atom is 0.276 e. The van der Waals surface area contributed by atoms with Crippen LogP contribution in [0.3, 0.4) is 0 Å². The molecule has 3 rings (SSSR count). The highest BCUT2D eigenvalue weighted by atomic mass is 19.1. The van der Waals surface area contributed by atoms with Crippen LogP contribution >= 0.6 is 0 Å². The third-order valence-corrected chi connectivity index (χ3v) is 3.91. The number of ether oxygens (including phenoxy) is 2. The van der Waals surface area contributed by atoms with Crippen LogP contribution in [0.4, 0.5) is 10.1 Å². The fourth-order valence-electron chi connectivity index (χ4n) is 2.65. The Morgan fingerprint density at radius 3 is 2.68 bits per heavy atom. The van der Waals surface area contributed by atoms with Gasteiger partial charge in [-0.05, 0) is 19.1 Å². The fourth-order valence-corrected chi connectivity index (χ4v) is 2.65. The van der Waals surface area contributed by atoms with Gasteiger partial charge in [0.05, 0.1) is 28.5 Å². The molecule has 0 bridgehead atoms. The second-order valence-electron chi connectivity index (χ2n) is 5.83. The van der Waals surface area contributed by atoms with Gasteiger partial charge in [0.2, 0.25) is 5.88 Å². The number of nitro benzene ring substituents is 1. The number of fused-ring (bicyclic) bond motifs is 1. The minimum absolute atomic E-state index is 0.0511. The van der Waals surface area contributed by atoms with Crippen LogP contribution in [0.15, 0.2) is 30.6 Å². The molecule has 0 radical (unpaired) electrons. The van der Waals surface area contributed by atoms with E-state index in [2.05, 4.69) is 9.97 Å². The summed E-state index contributed by atoms with van der Waals surface area (Å²) in [7, 11) is 1.36. The summed E-state index contributed by atoms with van der Waals surface area (Å²) in [6, 6.07) is 4.89.